The Labute approximate surface area is 251 Å². The van der Waals surface area contributed by atoms with Crippen LogP contribution in [-0.2, 0) is 36.7 Å². The lowest BCUT2D eigenvalue weighted by Crippen LogP contribution is -2.37. The fourth-order valence-electron chi connectivity index (χ4n) is 5.32. The Morgan fingerprint density at radius 3 is 1.57 bits per heavy atom. The molecular formula is C20H22F2N10O12P2. The van der Waals surface area contributed by atoms with Crippen LogP contribution in [0.1, 0.15) is 12.5 Å². The van der Waals surface area contributed by atoms with Gasteiger partial charge in [0.2, 0.25) is 11.9 Å². The van der Waals surface area contributed by atoms with Crippen LogP contribution < -0.4 is 22.6 Å². The van der Waals surface area contributed by atoms with E-state index in [1.165, 1.54) is 0 Å². The zero-order valence-electron chi connectivity index (χ0n) is 22.7. The molecule has 0 bridgehead atoms. The molecule has 0 aromatic carbocycles. The molecule has 0 saturated carbocycles. The van der Waals surface area contributed by atoms with E-state index in [4.69, 9.17) is 39.0 Å². The lowest BCUT2D eigenvalue weighted by Gasteiger charge is -2.27. The van der Waals surface area contributed by atoms with Gasteiger partial charge in [0, 0.05) is 0 Å². The first-order chi connectivity index (χ1) is 21.7. The first-order valence-corrected chi connectivity index (χ1v) is 16.1. The van der Waals surface area contributed by atoms with Gasteiger partial charge in [0.1, 0.15) is 24.4 Å². The highest BCUT2D eigenvalue weighted by Gasteiger charge is 2.55. The van der Waals surface area contributed by atoms with E-state index < -0.39 is 89.2 Å². The summed E-state index contributed by atoms with van der Waals surface area (Å²) in [5, 5.41) is 0. The van der Waals surface area contributed by atoms with E-state index in [-0.39, 0.29) is 34.2 Å². The number of phosphoric ester groups is 2. The molecule has 4 aromatic rings. The van der Waals surface area contributed by atoms with Crippen LogP contribution in [0.5, 0.6) is 0 Å². The van der Waals surface area contributed by atoms with Gasteiger partial charge in [0.25, 0.3) is 11.1 Å². The summed E-state index contributed by atoms with van der Waals surface area (Å²) < 4.78 is 91.0. The Bertz CT molecular complexity index is 1910. The molecule has 0 spiro atoms. The van der Waals surface area contributed by atoms with Gasteiger partial charge in [-0.2, -0.15) is 9.97 Å². The maximum Gasteiger partial charge on any atom is 0.472 e. The molecule has 3 saturated heterocycles. The van der Waals surface area contributed by atoms with E-state index in [0.29, 0.717) is 0 Å². The summed E-state index contributed by atoms with van der Waals surface area (Å²) in [6.07, 6.45) is -13.4. The van der Waals surface area contributed by atoms with Gasteiger partial charge < -0.3 is 30.7 Å². The molecule has 3 fully saturated rings. The normalized spacial score (nSPS) is 37.1. The number of hydrogen-bond acceptors (Lipinski definition) is 16. The van der Waals surface area contributed by atoms with Crippen molar-refractivity contribution in [3.63, 3.8) is 0 Å². The highest BCUT2D eigenvalue weighted by atomic mass is 31.2. The molecule has 4 aromatic heterocycles. The second-order valence-electron chi connectivity index (χ2n) is 10.2. The second-order valence-corrected chi connectivity index (χ2v) is 13.1. The number of nitrogens with two attached hydrogens (primary N) is 2. The molecule has 7 heterocycles. The zero-order valence-corrected chi connectivity index (χ0v) is 24.4. The van der Waals surface area contributed by atoms with Crippen molar-refractivity contribution in [2.24, 2.45) is 0 Å². The van der Waals surface area contributed by atoms with Crippen LogP contribution in [0.4, 0.5) is 20.7 Å². The zero-order chi connectivity index (χ0) is 32.7. The minimum absolute atomic E-state index is 0.214. The third-order valence-corrected chi connectivity index (χ3v) is 9.27. The Balaban J connectivity index is 1.18. The van der Waals surface area contributed by atoms with Crippen LogP contribution in [0.2, 0.25) is 0 Å². The van der Waals surface area contributed by atoms with Gasteiger partial charge in [-0.15, -0.1) is 0 Å². The third kappa shape index (κ3) is 5.31. The largest absolute Gasteiger partial charge is 0.472 e. The Morgan fingerprint density at radius 2 is 1.17 bits per heavy atom. The van der Waals surface area contributed by atoms with Gasteiger partial charge in [0.15, 0.2) is 47.1 Å². The SMILES string of the molecule is Nc1nc2c(ncn2[C@@H]2O[C@@H]3COP(=O)(O)OC4[C@@H](COP(=O)(O)O[C@@H]3C2F)O[C@@H](n2cnc3c(=O)[nH]c(N)nc32)[C@H]4F)c(=O)[nH]1. The number of rotatable bonds is 2. The fourth-order valence-corrected chi connectivity index (χ4v) is 7.23. The topological polar surface area (TPSA) is 309 Å². The molecular weight excluding hydrogens is 672 g/mol. The number of nitrogens with zero attached hydrogens (tertiary/aromatic N) is 6. The second kappa shape index (κ2) is 10.9. The van der Waals surface area contributed by atoms with Gasteiger partial charge in [-0.05, 0) is 0 Å². The highest BCUT2D eigenvalue weighted by molar-refractivity contribution is 7.47. The van der Waals surface area contributed by atoms with E-state index >= 15 is 8.78 Å². The summed E-state index contributed by atoms with van der Waals surface area (Å²) in [5.74, 6) is -0.663. The van der Waals surface area contributed by atoms with E-state index in [9.17, 15) is 28.5 Å². The van der Waals surface area contributed by atoms with Crippen molar-refractivity contribution in [3.8, 4) is 0 Å². The molecule has 3 aliphatic rings. The predicted octanol–water partition coefficient (Wildman–Crippen LogP) is -1.09. The van der Waals surface area contributed by atoms with E-state index in [2.05, 4.69) is 29.9 Å². The lowest BCUT2D eigenvalue weighted by molar-refractivity contribution is -0.0662. The Kier molecular flexibility index (Phi) is 7.36. The lowest BCUT2D eigenvalue weighted by atomic mass is 10.1. The van der Waals surface area contributed by atoms with Crippen LogP contribution >= 0.6 is 15.6 Å². The standard InChI is InChI=1S/C20H22F2N10O12P2/c21-7-11-5(41-17(7)31-3-25-9-13(31)27-19(23)29-15(9)33)1-39-45(35,36)44-12-6(2-40-46(37,38)43-11)42-18(8(12)22)32-4-26-10-14(32)28-20(24)30-16(10)34/h3-8,11-12,17-18H,1-2H2,(H,35,36)(H,37,38)(H3,23,27,29,33)(H3,24,28,30,34)/t5-,6-,7+,8?,11?,12+,17-,18-/m1/s1. The van der Waals surface area contributed by atoms with Crippen molar-refractivity contribution in [2.45, 2.75) is 49.2 Å². The number of fused-ring (bicyclic) bond motifs is 4. The molecule has 0 aliphatic carbocycles. The number of ether oxygens (including phenoxy) is 2. The van der Waals surface area contributed by atoms with E-state index in [1.54, 1.807) is 0 Å². The number of halogens is 2. The number of alkyl halides is 2. The fraction of sp³-hybridized carbons (Fsp3) is 0.500. The first kappa shape index (κ1) is 30.9. The molecule has 4 unspecified atom stereocenters. The van der Waals surface area contributed by atoms with Gasteiger partial charge in [-0.3, -0.25) is 46.8 Å². The summed E-state index contributed by atoms with van der Waals surface area (Å²) in [7, 11) is -10.4. The minimum Gasteiger partial charge on any atom is -0.369 e. The summed E-state index contributed by atoms with van der Waals surface area (Å²) in [6, 6.07) is 0. The summed E-state index contributed by atoms with van der Waals surface area (Å²) >= 11 is 0. The van der Waals surface area contributed by atoms with Crippen molar-refractivity contribution in [1.29, 1.82) is 0 Å². The van der Waals surface area contributed by atoms with Crippen LogP contribution in [-0.4, -0.2) is 98.8 Å². The van der Waals surface area contributed by atoms with Gasteiger partial charge in [0.05, 0.1) is 25.9 Å². The van der Waals surface area contributed by atoms with Crippen molar-refractivity contribution >= 4 is 49.9 Å². The number of H-pyrrole nitrogens is 2. The van der Waals surface area contributed by atoms with Crippen LogP contribution in [0.15, 0.2) is 22.2 Å². The maximum atomic E-state index is 15.9. The summed E-state index contributed by atoms with van der Waals surface area (Å²) in [5.41, 5.74) is 8.77. The number of phosphoric acid groups is 2. The number of hydrogen-bond donors (Lipinski definition) is 6. The van der Waals surface area contributed by atoms with Crippen LogP contribution in [0, 0.1) is 0 Å². The molecule has 0 radical (unpaired) electrons. The molecule has 248 valence electrons. The average molecular weight is 694 g/mol. The number of aromatic amines is 2. The third-order valence-electron chi connectivity index (χ3n) is 7.30. The molecule has 10 atom stereocenters. The molecule has 0 amide bonds. The van der Waals surface area contributed by atoms with Crippen molar-refractivity contribution < 1.29 is 55.3 Å². The summed E-state index contributed by atoms with van der Waals surface area (Å²) in [4.78, 5) is 65.3. The Hall–Kier alpha value is -3.70. The monoisotopic (exact) mass is 694 g/mol. The number of imidazole rings is 2. The molecule has 22 nitrogen and oxygen atoms in total. The number of anilines is 2. The minimum atomic E-state index is -5.22. The Morgan fingerprint density at radius 1 is 0.783 bits per heavy atom. The quantitative estimate of drug-likeness (QED) is 0.136. The maximum absolute atomic E-state index is 15.9. The molecule has 46 heavy (non-hydrogen) atoms. The summed E-state index contributed by atoms with van der Waals surface area (Å²) in [6.45, 7) is -1.98. The highest BCUT2D eigenvalue weighted by Crippen LogP contribution is 2.54. The van der Waals surface area contributed by atoms with Gasteiger partial charge in [-0.1, -0.05) is 0 Å². The van der Waals surface area contributed by atoms with E-state index in [0.717, 1.165) is 21.8 Å². The molecule has 7 rings (SSSR count). The van der Waals surface area contributed by atoms with E-state index in [1.807, 2.05) is 0 Å². The van der Waals surface area contributed by atoms with Crippen molar-refractivity contribution in [2.75, 3.05) is 24.7 Å². The first-order valence-electron chi connectivity index (χ1n) is 13.1. The molecule has 26 heteroatoms. The van der Waals surface area contributed by atoms with Gasteiger partial charge in [-0.25, -0.2) is 27.9 Å². The molecule has 3 aliphatic heterocycles. The van der Waals surface area contributed by atoms with Crippen LogP contribution in [0.25, 0.3) is 22.3 Å². The van der Waals surface area contributed by atoms with Crippen molar-refractivity contribution in [1.82, 2.24) is 39.0 Å². The number of nitrogens with one attached hydrogen (secondary N) is 2. The smallest absolute Gasteiger partial charge is 0.369 e. The number of nitrogen functional groups attached to an aromatic ring is 2. The van der Waals surface area contributed by atoms with Crippen molar-refractivity contribution in [3.05, 3.63) is 33.4 Å². The van der Waals surface area contributed by atoms with Crippen LogP contribution in [0.3, 0.4) is 0 Å². The van der Waals surface area contributed by atoms with Gasteiger partial charge >= 0.3 is 15.6 Å². The molecule has 8 N–H and O–H groups in total. The number of aromatic nitrogens is 8. The predicted molar refractivity (Wildman–Crippen MR) is 144 cm³/mol. The average Bonchev–Trinajstić information content (AvgIpc) is 3.72.